The Balaban J connectivity index is 2.44. The minimum absolute atomic E-state index is 0.0396. The zero-order valence-electron chi connectivity index (χ0n) is 10.8. The van der Waals surface area contributed by atoms with Crippen molar-refractivity contribution in [1.29, 1.82) is 5.41 Å². The lowest BCUT2D eigenvalue weighted by molar-refractivity contribution is 0.450. The molecule has 0 unspecified atom stereocenters. The molecule has 4 nitrogen and oxygen atoms in total. The van der Waals surface area contributed by atoms with Crippen LogP contribution in [0.25, 0.3) is 0 Å². The molecule has 2 rings (SSSR count). The fourth-order valence-corrected chi connectivity index (χ4v) is 2.27. The van der Waals surface area contributed by atoms with Gasteiger partial charge in [-0.15, -0.1) is 11.8 Å². The van der Waals surface area contributed by atoms with Gasteiger partial charge < -0.3 is 10.5 Å². The summed E-state index contributed by atoms with van der Waals surface area (Å²) in [6, 6.07) is 9.51. The minimum atomic E-state index is -0.0396. The second-order valence-corrected chi connectivity index (χ2v) is 4.82. The second-order valence-electron chi connectivity index (χ2n) is 3.97. The number of rotatable bonds is 4. The summed E-state index contributed by atoms with van der Waals surface area (Å²) < 4.78 is 5.82. The molecule has 1 aromatic heterocycles. The number of hydrogen-bond acceptors (Lipinski definition) is 4. The number of nitrogens with zero attached hydrogens (tertiary/aromatic N) is 1. The van der Waals surface area contributed by atoms with Crippen LogP contribution in [-0.2, 0) is 0 Å². The maximum Gasteiger partial charge on any atom is 0.230 e. The summed E-state index contributed by atoms with van der Waals surface area (Å²) in [5.74, 6) is 1.05. The van der Waals surface area contributed by atoms with Crippen LogP contribution in [0.3, 0.4) is 0 Å². The van der Waals surface area contributed by atoms with E-state index < -0.39 is 0 Å². The van der Waals surface area contributed by atoms with Gasteiger partial charge in [0.2, 0.25) is 5.88 Å². The summed E-state index contributed by atoms with van der Waals surface area (Å²) >= 11 is 1.60. The van der Waals surface area contributed by atoms with Crippen LogP contribution < -0.4 is 10.5 Å². The van der Waals surface area contributed by atoms with E-state index in [0.29, 0.717) is 11.4 Å². The van der Waals surface area contributed by atoms with Crippen LogP contribution in [-0.4, -0.2) is 17.1 Å². The number of pyridine rings is 1. The summed E-state index contributed by atoms with van der Waals surface area (Å²) in [6.07, 6.45) is 3.64. The van der Waals surface area contributed by atoms with Crippen LogP contribution >= 0.6 is 11.8 Å². The van der Waals surface area contributed by atoms with E-state index in [4.69, 9.17) is 15.9 Å². The largest absolute Gasteiger partial charge is 0.437 e. The zero-order valence-corrected chi connectivity index (χ0v) is 11.6. The standard InChI is InChI=1S/C14H15N3OS/c1-9-7-8-17-14(12(9)13(15)16)18-10-5-3-4-6-11(10)19-2/h3-8H,1-2H3,(H3,15,16). The molecule has 0 bridgehead atoms. The Labute approximate surface area is 116 Å². The first-order chi connectivity index (χ1) is 9.13. The number of amidine groups is 1. The Kier molecular flexibility index (Phi) is 4.06. The SMILES string of the molecule is CSc1ccccc1Oc1nccc(C)c1C(=N)N. The van der Waals surface area contributed by atoms with Gasteiger partial charge in [0.15, 0.2) is 0 Å². The second kappa shape index (κ2) is 5.75. The van der Waals surface area contributed by atoms with Gasteiger partial charge in [0.1, 0.15) is 11.6 Å². The lowest BCUT2D eigenvalue weighted by Gasteiger charge is -2.13. The molecule has 1 heterocycles. The molecule has 0 atom stereocenters. The summed E-state index contributed by atoms with van der Waals surface area (Å²) in [4.78, 5) is 5.19. The van der Waals surface area contributed by atoms with Crippen LogP contribution in [0.15, 0.2) is 41.4 Å². The average Bonchev–Trinajstić information content (AvgIpc) is 2.39. The smallest absolute Gasteiger partial charge is 0.230 e. The molecule has 0 saturated carbocycles. The van der Waals surface area contributed by atoms with Crippen LogP contribution in [0.2, 0.25) is 0 Å². The normalized spacial score (nSPS) is 10.2. The number of para-hydroxylation sites is 1. The van der Waals surface area contributed by atoms with E-state index >= 15 is 0 Å². The van der Waals surface area contributed by atoms with Crippen LogP contribution in [0.4, 0.5) is 0 Å². The number of aryl methyl sites for hydroxylation is 1. The Morgan fingerprint density at radius 3 is 2.74 bits per heavy atom. The molecule has 0 amide bonds. The summed E-state index contributed by atoms with van der Waals surface area (Å²) in [5.41, 5.74) is 7.01. The molecule has 0 saturated heterocycles. The molecule has 0 aliphatic rings. The number of nitrogens with two attached hydrogens (primary N) is 1. The van der Waals surface area contributed by atoms with Crippen molar-refractivity contribution in [2.75, 3.05) is 6.26 Å². The summed E-state index contributed by atoms with van der Waals surface area (Å²) in [5, 5.41) is 7.63. The van der Waals surface area contributed by atoms with Gasteiger partial charge in [-0.2, -0.15) is 0 Å². The van der Waals surface area contributed by atoms with Crippen LogP contribution in [0, 0.1) is 12.3 Å². The van der Waals surface area contributed by atoms with E-state index in [9.17, 15) is 0 Å². The topological polar surface area (TPSA) is 72.0 Å². The van der Waals surface area contributed by atoms with Crippen molar-refractivity contribution >= 4 is 17.6 Å². The van der Waals surface area contributed by atoms with Crippen molar-refractivity contribution in [1.82, 2.24) is 4.98 Å². The number of nitrogen functional groups attached to an aromatic ring is 1. The fraction of sp³-hybridized carbons (Fsp3) is 0.143. The van der Waals surface area contributed by atoms with E-state index in [1.165, 1.54) is 0 Å². The zero-order chi connectivity index (χ0) is 13.8. The van der Waals surface area contributed by atoms with E-state index in [-0.39, 0.29) is 5.84 Å². The van der Waals surface area contributed by atoms with Gasteiger partial charge in [0.25, 0.3) is 0 Å². The van der Waals surface area contributed by atoms with Gasteiger partial charge in [0, 0.05) is 11.1 Å². The third-order valence-electron chi connectivity index (χ3n) is 2.67. The molecule has 3 N–H and O–H groups in total. The molecular weight excluding hydrogens is 258 g/mol. The van der Waals surface area contributed by atoms with Gasteiger partial charge in [-0.3, -0.25) is 5.41 Å². The van der Waals surface area contributed by atoms with Gasteiger partial charge in [-0.25, -0.2) is 4.98 Å². The van der Waals surface area contributed by atoms with Gasteiger partial charge in [0.05, 0.1) is 5.56 Å². The molecule has 98 valence electrons. The number of thioether (sulfide) groups is 1. The van der Waals surface area contributed by atoms with E-state index in [1.807, 2.05) is 43.5 Å². The molecule has 2 aromatic rings. The number of ether oxygens (including phenoxy) is 1. The summed E-state index contributed by atoms with van der Waals surface area (Å²) in [7, 11) is 0. The van der Waals surface area contributed by atoms with Crippen molar-refractivity contribution < 1.29 is 4.74 Å². The Morgan fingerprint density at radius 1 is 1.32 bits per heavy atom. The van der Waals surface area contributed by atoms with E-state index in [1.54, 1.807) is 18.0 Å². The molecule has 5 heteroatoms. The van der Waals surface area contributed by atoms with Crippen molar-refractivity contribution in [2.24, 2.45) is 5.73 Å². The van der Waals surface area contributed by atoms with Crippen LogP contribution in [0.1, 0.15) is 11.1 Å². The molecule has 0 fully saturated rings. The lowest BCUT2D eigenvalue weighted by Crippen LogP contribution is -2.15. The maximum atomic E-state index is 7.63. The van der Waals surface area contributed by atoms with Crippen LogP contribution in [0.5, 0.6) is 11.6 Å². The highest BCUT2D eigenvalue weighted by molar-refractivity contribution is 7.98. The van der Waals surface area contributed by atoms with Crippen molar-refractivity contribution in [3.63, 3.8) is 0 Å². The first-order valence-electron chi connectivity index (χ1n) is 5.74. The van der Waals surface area contributed by atoms with E-state index in [0.717, 1.165) is 16.2 Å². The third kappa shape index (κ3) is 2.88. The predicted octanol–water partition coefficient (Wildman–Crippen LogP) is 3.19. The average molecular weight is 273 g/mol. The number of hydrogen-bond donors (Lipinski definition) is 2. The Bertz CT molecular complexity index is 613. The number of nitrogens with one attached hydrogen (secondary N) is 1. The molecule has 1 aromatic carbocycles. The fourth-order valence-electron chi connectivity index (χ4n) is 1.75. The molecule has 0 radical (unpaired) electrons. The lowest BCUT2D eigenvalue weighted by atomic mass is 10.1. The highest BCUT2D eigenvalue weighted by Gasteiger charge is 2.13. The number of benzene rings is 1. The highest BCUT2D eigenvalue weighted by Crippen LogP contribution is 2.32. The van der Waals surface area contributed by atoms with E-state index in [2.05, 4.69) is 4.98 Å². The molecule has 0 aliphatic heterocycles. The predicted molar refractivity (Wildman–Crippen MR) is 78.3 cm³/mol. The monoisotopic (exact) mass is 273 g/mol. The number of aromatic nitrogens is 1. The molecular formula is C14H15N3OS. The first-order valence-corrected chi connectivity index (χ1v) is 6.97. The Hall–Kier alpha value is -2.01. The molecule has 0 spiro atoms. The minimum Gasteiger partial charge on any atom is -0.437 e. The maximum absolute atomic E-state index is 7.63. The van der Waals surface area contributed by atoms with Crippen molar-refractivity contribution in [3.05, 3.63) is 47.7 Å². The van der Waals surface area contributed by atoms with Gasteiger partial charge in [-0.1, -0.05) is 12.1 Å². The Morgan fingerprint density at radius 2 is 2.05 bits per heavy atom. The van der Waals surface area contributed by atoms with Crippen molar-refractivity contribution in [2.45, 2.75) is 11.8 Å². The highest BCUT2D eigenvalue weighted by atomic mass is 32.2. The van der Waals surface area contributed by atoms with Gasteiger partial charge in [-0.05, 0) is 36.9 Å². The first kappa shape index (κ1) is 13.4. The summed E-state index contributed by atoms with van der Waals surface area (Å²) in [6.45, 7) is 1.88. The van der Waals surface area contributed by atoms with Crippen molar-refractivity contribution in [3.8, 4) is 11.6 Å². The molecule has 19 heavy (non-hydrogen) atoms. The quantitative estimate of drug-likeness (QED) is 0.510. The third-order valence-corrected chi connectivity index (χ3v) is 3.45. The molecule has 0 aliphatic carbocycles. The van der Waals surface area contributed by atoms with Gasteiger partial charge >= 0.3 is 0 Å².